The van der Waals surface area contributed by atoms with E-state index < -0.39 is 0 Å². The molecule has 1 N–H and O–H groups in total. The topological polar surface area (TPSA) is 55.6 Å². The molecular weight excluding hydrogens is 274 g/mol. The number of benzene rings is 1. The van der Waals surface area contributed by atoms with Crippen molar-refractivity contribution in [3.05, 3.63) is 66.0 Å². The third-order valence-electron chi connectivity index (χ3n) is 2.81. The van der Waals surface area contributed by atoms with Crippen molar-refractivity contribution in [1.29, 1.82) is 0 Å². The SMILES string of the molecule is Clc1ccc(-n2cccn2)c(NCc2ccncn2)c1. The standard InChI is InChI=1S/C14H12ClN5/c15-11-2-3-14(20-7-1-5-19-20)13(8-11)17-9-12-4-6-16-10-18-12/h1-8,10,17H,9H2. The van der Waals surface area contributed by atoms with Crippen molar-refractivity contribution < 1.29 is 0 Å². The Morgan fingerprint density at radius 2 is 2.15 bits per heavy atom. The van der Waals surface area contributed by atoms with Gasteiger partial charge in [-0.1, -0.05) is 11.6 Å². The van der Waals surface area contributed by atoms with Gasteiger partial charge in [0.15, 0.2) is 0 Å². The van der Waals surface area contributed by atoms with Crippen LogP contribution in [0.5, 0.6) is 0 Å². The van der Waals surface area contributed by atoms with Crippen molar-refractivity contribution in [2.24, 2.45) is 0 Å². The molecule has 1 aromatic carbocycles. The molecule has 0 spiro atoms. The minimum absolute atomic E-state index is 0.594. The molecule has 0 fully saturated rings. The number of halogens is 1. The predicted molar refractivity (Wildman–Crippen MR) is 77.9 cm³/mol. The molecule has 0 saturated heterocycles. The molecular formula is C14H12ClN5. The summed E-state index contributed by atoms with van der Waals surface area (Å²) in [5.41, 5.74) is 2.75. The number of hydrogen-bond donors (Lipinski definition) is 1. The fourth-order valence-corrected chi connectivity index (χ4v) is 2.04. The second kappa shape index (κ2) is 5.71. The van der Waals surface area contributed by atoms with Gasteiger partial charge < -0.3 is 5.32 Å². The van der Waals surface area contributed by atoms with Crippen LogP contribution in [0.25, 0.3) is 5.69 Å². The molecule has 0 atom stereocenters. The van der Waals surface area contributed by atoms with Crippen LogP contribution in [0.2, 0.25) is 5.02 Å². The maximum Gasteiger partial charge on any atom is 0.115 e. The van der Waals surface area contributed by atoms with Gasteiger partial charge in [-0.15, -0.1) is 0 Å². The van der Waals surface area contributed by atoms with E-state index in [1.54, 1.807) is 17.1 Å². The normalized spacial score (nSPS) is 10.4. The van der Waals surface area contributed by atoms with E-state index >= 15 is 0 Å². The number of nitrogens with one attached hydrogen (secondary N) is 1. The molecule has 0 bridgehead atoms. The van der Waals surface area contributed by atoms with Gasteiger partial charge in [-0.3, -0.25) is 0 Å². The maximum atomic E-state index is 6.06. The third kappa shape index (κ3) is 2.78. The minimum atomic E-state index is 0.594. The molecule has 0 aliphatic heterocycles. The first-order valence-corrected chi connectivity index (χ1v) is 6.49. The third-order valence-corrected chi connectivity index (χ3v) is 3.05. The van der Waals surface area contributed by atoms with Gasteiger partial charge in [-0.25, -0.2) is 14.6 Å². The van der Waals surface area contributed by atoms with Crippen molar-refractivity contribution in [3.8, 4) is 5.69 Å². The lowest BCUT2D eigenvalue weighted by Gasteiger charge is -2.12. The van der Waals surface area contributed by atoms with Gasteiger partial charge in [0.2, 0.25) is 0 Å². The summed E-state index contributed by atoms with van der Waals surface area (Å²) in [5, 5.41) is 8.24. The van der Waals surface area contributed by atoms with Crippen molar-refractivity contribution in [1.82, 2.24) is 19.7 Å². The summed E-state index contributed by atoms with van der Waals surface area (Å²) in [6, 6.07) is 9.39. The molecule has 0 aliphatic rings. The molecule has 6 heteroatoms. The zero-order chi connectivity index (χ0) is 13.8. The van der Waals surface area contributed by atoms with E-state index in [0.29, 0.717) is 11.6 Å². The zero-order valence-electron chi connectivity index (χ0n) is 10.6. The largest absolute Gasteiger partial charge is 0.378 e. The van der Waals surface area contributed by atoms with E-state index in [-0.39, 0.29) is 0 Å². The van der Waals surface area contributed by atoms with Crippen molar-refractivity contribution in [3.63, 3.8) is 0 Å². The van der Waals surface area contributed by atoms with Crippen LogP contribution in [0.3, 0.4) is 0 Å². The molecule has 0 saturated carbocycles. The molecule has 0 aliphatic carbocycles. The highest BCUT2D eigenvalue weighted by atomic mass is 35.5. The number of aromatic nitrogens is 4. The van der Waals surface area contributed by atoms with Crippen LogP contribution in [0.15, 0.2) is 55.2 Å². The minimum Gasteiger partial charge on any atom is -0.378 e. The quantitative estimate of drug-likeness (QED) is 0.801. The second-order valence-electron chi connectivity index (χ2n) is 4.17. The van der Waals surface area contributed by atoms with Crippen molar-refractivity contribution >= 4 is 17.3 Å². The van der Waals surface area contributed by atoms with Crippen molar-refractivity contribution in [2.45, 2.75) is 6.54 Å². The molecule has 0 amide bonds. The second-order valence-corrected chi connectivity index (χ2v) is 4.60. The molecule has 3 aromatic rings. The average Bonchev–Trinajstić information content (AvgIpc) is 3.00. The smallest absolute Gasteiger partial charge is 0.115 e. The summed E-state index contributed by atoms with van der Waals surface area (Å²) in [7, 11) is 0. The number of anilines is 1. The highest BCUT2D eigenvalue weighted by molar-refractivity contribution is 6.31. The Bertz CT molecular complexity index is 682. The van der Waals surface area contributed by atoms with E-state index in [0.717, 1.165) is 17.1 Å². The number of nitrogens with zero attached hydrogens (tertiary/aromatic N) is 4. The highest BCUT2D eigenvalue weighted by Crippen LogP contribution is 2.24. The molecule has 20 heavy (non-hydrogen) atoms. The average molecular weight is 286 g/mol. The van der Waals surface area contributed by atoms with Crippen LogP contribution < -0.4 is 5.32 Å². The summed E-state index contributed by atoms with van der Waals surface area (Å²) < 4.78 is 1.79. The molecule has 0 radical (unpaired) electrons. The molecule has 2 aromatic heterocycles. The van der Waals surface area contributed by atoms with E-state index in [9.17, 15) is 0 Å². The first-order chi connectivity index (χ1) is 9.83. The lowest BCUT2D eigenvalue weighted by molar-refractivity contribution is 0.878. The van der Waals surface area contributed by atoms with Gasteiger partial charge >= 0.3 is 0 Å². The van der Waals surface area contributed by atoms with Crippen LogP contribution in [0, 0.1) is 0 Å². The Balaban J connectivity index is 1.87. The Labute approximate surface area is 121 Å². The lowest BCUT2D eigenvalue weighted by atomic mass is 10.2. The Morgan fingerprint density at radius 3 is 2.90 bits per heavy atom. The monoisotopic (exact) mass is 285 g/mol. The maximum absolute atomic E-state index is 6.06. The van der Waals surface area contributed by atoms with Gasteiger partial charge in [0.25, 0.3) is 0 Å². The van der Waals surface area contributed by atoms with Gasteiger partial charge in [-0.05, 0) is 30.3 Å². The van der Waals surface area contributed by atoms with Crippen LogP contribution in [-0.2, 0) is 6.54 Å². The molecule has 2 heterocycles. The van der Waals surface area contributed by atoms with E-state index in [1.165, 1.54) is 6.33 Å². The summed E-state index contributed by atoms with van der Waals surface area (Å²) in [6.07, 6.45) is 6.88. The number of hydrogen-bond acceptors (Lipinski definition) is 4. The summed E-state index contributed by atoms with van der Waals surface area (Å²) in [4.78, 5) is 8.08. The fraction of sp³-hybridized carbons (Fsp3) is 0.0714. The summed E-state index contributed by atoms with van der Waals surface area (Å²) in [5.74, 6) is 0. The zero-order valence-corrected chi connectivity index (χ0v) is 11.3. The fourth-order valence-electron chi connectivity index (χ4n) is 1.87. The Hall–Kier alpha value is -2.40. The van der Waals surface area contributed by atoms with E-state index in [2.05, 4.69) is 20.4 Å². The summed E-state index contributed by atoms with van der Waals surface area (Å²) >= 11 is 6.06. The first-order valence-electron chi connectivity index (χ1n) is 6.11. The van der Waals surface area contributed by atoms with Gasteiger partial charge in [0, 0.05) is 23.6 Å². The van der Waals surface area contributed by atoms with Gasteiger partial charge in [0.1, 0.15) is 6.33 Å². The van der Waals surface area contributed by atoms with Gasteiger partial charge in [-0.2, -0.15) is 5.10 Å². The molecule has 100 valence electrons. The van der Waals surface area contributed by atoms with E-state index in [1.807, 2.05) is 36.5 Å². The van der Waals surface area contributed by atoms with Crippen LogP contribution in [0.4, 0.5) is 5.69 Å². The van der Waals surface area contributed by atoms with E-state index in [4.69, 9.17) is 11.6 Å². The van der Waals surface area contributed by atoms with Crippen LogP contribution >= 0.6 is 11.6 Å². The molecule has 0 unspecified atom stereocenters. The predicted octanol–water partition coefficient (Wildman–Crippen LogP) is 2.93. The Kier molecular flexibility index (Phi) is 3.60. The molecule has 5 nitrogen and oxygen atoms in total. The van der Waals surface area contributed by atoms with Gasteiger partial charge in [0.05, 0.1) is 23.6 Å². The Morgan fingerprint density at radius 1 is 1.20 bits per heavy atom. The number of rotatable bonds is 4. The van der Waals surface area contributed by atoms with Crippen molar-refractivity contribution in [2.75, 3.05) is 5.32 Å². The first kappa shape index (κ1) is 12.6. The highest BCUT2D eigenvalue weighted by Gasteiger charge is 2.06. The molecule has 3 rings (SSSR count). The van der Waals surface area contributed by atoms with Crippen LogP contribution in [-0.4, -0.2) is 19.7 Å². The lowest BCUT2D eigenvalue weighted by Crippen LogP contribution is -2.06. The summed E-state index contributed by atoms with van der Waals surface area (Å²) in [6.45, 7) is 0.594. The van der Waals surface area contributed by atoms with Crippen LogP contribution in [0.1, 0.15) is 5.69 Å².